The molecule has 5 rings (SSSR count). The number of aromatic nitrogens is 2. The van der Waals surface area contributed by atoms with Gasteiger partial charge in [-0.25, -0.2) is 4.98 Å². The number of aryl methyl sites for hydroxylation is 1. The van der Waals surface area contributed by atoms with Crippen LogP contribution in [0.3, 0.4) is 0 Å². The number of hydrogen-bond acceptors (Lipinski definition) is 5. The van der Waals surface area contributed by atoms with Gasteiger partial charge in [0.2, 0.25) is 0 Å². The number of thioether (sulfide) groups is 1. The van der Waals surface area contributed by atoms with E-state index >= 15 is 0 Å². The van der Waals surface area contributed by atoms with Gasteiger partial charge in [-0.1, -0.05) is 72.4 Å². The fourth-order valence-electron chi connectivity index (χ4n) is 4.32. The number of carbonyl (C=O) groups is 1. The van der Waals surface area contributed by atoms with E-state index in [-0.39, 0.29) is 11.5 Å². The molecule has 180 valence electrons. The lowest BCUT2D eigenvalue weighted by Gasteiger charge is -2.10. The van der Waals surface area contributed by atoms with Gasteiger partial charge in [-0.15, -0.1) is 0 Å². The predicted octanol–water partition coefficient (Wildman–Crippen LogP) is 7.40. The lowest BCUT2D eigenvalue weighted by atomic mass is 10.1. The molecule has 0 radical (unpaired) electrons. The summed E-state index contributed by atoms with van der Waals surface area (Å²) in [6.45, 7) is 3.98. The van der Waals surface area contributed by atoms with E-state index in [0.29, 0.717) is 16.5 Å². The third kappa shape index (κ3) is 4.72. The summed E-state index contributed by atoms with van der Waals surface area (Å²) in [5, 5.41) is 0.477. The van der Waals surface area contributed by atoms with Crippen LogP contribution in [0.2, 0.25) is 0 Å². The maximum atomic E-state index is 13.2. The van der Waals surface area contributed by atoms with Crippen LogP contribution in [-0.4, -0.2) is 28.2 Å². The third-order valence-corrected chi connectivity index (χ3v) is 6.91. The lowest BCUT2D eigenvalue weighted by molar-refractivity contribution is 0.102. The molecule has 0 aliphatic rings. The first kappa shape index (κ1) is 23.7. The van der Waals surface area contributed by atoms with Gasteiger partial charge in [0.25, 0.3) is 5.22 Å². The minimum absolute atomic E-state index is 0.0357. The summed E-state index contributed by atoms with van der Waals surface area (Å²) >= 11 is 1.32. The molecule has 0 aliphatic heterocycles. The zero-order valence-corrected chi connectivity index (χ0v) is 21.2. The molecule has 0 aliphatic carbocycles. The molecular weight excluding hydrogens is 468 g/mol. The van der Waals surface area contributed by atoms with Gasteiger partial charge in [-0.2, -0.15) is 0 Å². The van der Waals surface area contributed by atoms with E-state index in [1.807, 2.05) is 105 Å². The zero-order valence-electron chi connectivity index (χ0n) is 20.4. The van der Waals surface area contributed by atoms with E-state index in [1.54, 1.807) is 7.11 Å². The number of nitrogens with zero attached hydrogens (tertiary/aromatic N) is 2. The van der Waals surface area contributed by atoms with E-state index in [1.165, 1.54) is 11.8 Å². The molecule has 0 unspecified atom stereocenters. The minimum Gasteiger partial charge on any atom is -0.497 e. The zero-order chi connectivity index (χ0) is 25.1. The second kappa shape index (κ2) is 10.3. The first-order chi connectivity index (χ1) is 17.5. The second-order valence-corrected chi connectivity index (χ2v) is 9.35. The lowest BCUT2D eigenvalue weighted by Crippen LogP contribution is -2.05. The quantitative estimate of drug-likeness (QED) is 0.166. The highest BCUT2D eigenvalue weighted by atomic mass is 32.2. The molecule has 36 heavy (non-hydrogen) atoms. The highest BCUT2D eigenvalue weighted by Gasteiger charge is 2.21. The van der Waals surface area contributed by atoms with E-state index < -0.39 is 0 Å². The van der Waals surface area contributed by atoms with Crippen molar-refractivity contribution in [3.05, 3.63) is 108 Å². The van der Waals surface area contributed by atoms with Crippen molar-refractivity contribution in [1.29, 1.82) is 0 Å². The number of ether oxygens (including phenoxy) is 1. The van der Waals surface area contributed by atoms with E-state index in [9.17, 15) is 4.79 Å². The molecule has 0 saturated carbocycles. The molecule has 0 amide bonds. The van der Waals surface area contributed by atoms with Gasteiger partial charge < -0.3 is 13.7 Å². The van der Waals surface area contributed by atoms with Crippen LogP contribution in [0.4, 0.5) is 0 Å². The van der Waals surface area contributed by atoms with Crippen molar-refractivity contribution >= 4 is 17.5 Å². The summed E-state index contributed by atoms with van der Waals surface area (Å²) < 4.78 is 13.5. The van der Waals surface area contributed by atoms with Crippen LogP contribution in [0, 0.1) is 13.8 Å². The van der Waals surface area contributed by atoms with Crippen molar-refractivity contribution < 1.29 is 13.9 Å². The number of methoxy groups -OCH3 is 1. The Kier molecular flexibility index (Phi) is 6.78. The standard InChI is InChI=1S/C30H26N2O3S/c1-20-18-26(21(2)32(20)24-14-16-25(34-3)17-15-24)27(33)19-36-30-31-28(22-10-6-4-7-11-22)29(35-30)23-12-8-5-9-13-23/h4-18H,19H2,1-3H3. The second-order valence-electron chi connectivity index (χ2n) is 8.42. The normalized spacial score (nSPS) is 11.0. The number of carbonyl (C=O) groups excluding carboxylic acids is 1. The summed E-state index contributed by atoms with van der Waals surface area (Å²) in [5.74, 6) is 1.77. The average Bonchev–Trinajstić information content (AvgIpc) is 3.49. The predicted molar refractivity (Wildman–Crippen MR) is 144 cm³/mol. The van der Waals surface area contributed by atoms with Crippen LogP contribution >= 0.6 is 11.8 Å². The molecule has 0 N–H and O–H groups in total. The average molecular weight is 495 g/mol. The maximum absolute atomic E-state index is 13.2. The number of benzene rings is 3. The maximum Gasteiger partial charge on any atom is 0.257 e. The number of ketones is 1. The first-order valence-electron chi connectivity index (χ1n) is 11.7. The Labute approximate surface area is 214 Å². The number of oxazole rings is 1. The molecule has 2 heterocycles. The smallest absolute Gasteiger partial charge is 0.257 e. The van der Waals surface area contributed by atoms with E-state index in [4.69, 9.17) is 14.1 Å². The first-order valence-corrected chi connectivity index (χ1v) is 12.6. The van der Waals surface area contributed by atoms with Gasteiger partial charge in [-0.3, -0.25) is 4.79 Å². The van der Waals surface area contributed by atoms with Gasteiger partial charge in [0.05, 0.1) is 12.9 Å². The summed E-state index contributed by atoms with van der Waals surface area (Å²) in [5.41, 5.74) is 6.30. The van der Waals surface area contributed by atoms with Gasteiger partial charge in [0.15, 0.2) is 11.5 Å². The van der Waals surface area contributed by atoms with Crippen LogP contribution < -0.4 is 4.74 Å². The minimum atomic E-state index is 0.0357. The molecule has 0 atom stereocenters. The molecule has 3 aromatic carbocycles. The van der Waals surface area contributed by atoms with Crippen LogP contribution in [0.15, 0.2) is 101 Å². The Morgan fingerprint density at radius 2 is 1.56 bits per heavy atom. The molecule has 0 bridgehead atoms. The molecular formula is C30H26N2O3S. The van der Waals surface area contributed by atoms with Crippen LogP contribution in [0.25, 0.3) is 28.3 Å². The van der Waals surface area contributed by atoms with Gasteiger partial charge in [0, 0.05) is 33.8 Å². The van der Waals surface area contributed by atoms with Crippen molar-refractivity contribution in [1.82, 2.24) is 9.55 Å². The summed E-state index contributed by atoms with van der Waals surface area (Å²) in [7, 11) is 1.65. The van der Waals surface area contributed by atoms with Crippen molar-refractivity contribution in [3.63, 3.8) is 0 Å². The van der Waals surface area contributed by atoms with Crippen molar-refractivity contribution in [3.8, 4) is 34.0 Å². The summed E-state index contributed by atoms with van der Waals surface area (Å²) in [6.07, 6.45) is 0. The summed E-state index contributed by atoms with van der Waals surface area (Å²) in [4.78, 5) is 18.0. The van der Waals surface area contributed by atoms with Gasteiger partial charge in [-0.05, 0) is 44.2 Å². The van der Waals surface area contributed by atoms with Crippen LogP contribution in [0.5, 0.6) is 5.75 Å². The molecule has 0 spiro atoms. The highest BCUT2D eigenvalue weighted by Crippen LogP contribution is 2.36. The van der Waals surface area contributed by atoms with Crippen LogP contribution in [0.1, 0.15) is 21.7 Å². The SMILES string of the molecule is COc1ccc(-n2c(C)cc(C(=O)CSc3nc(-c4ccccc4)c(-c4ccccc4)o3)c2C)cc1. The fraction of sp³-hybridized carbons (Fsp3) is 0.133. The number of Topliss-reactive ketones (excluding diaryl/α,β-unsaturated/α-hetero) is 1. The Morgan fingerprint density at radius 3 is 2.19 bits per heavy atom. The van der Waals surface area contributed by atoms with E-state index in [2.05, 4.69) is 4.57 Å². The van der Waals surface area contributed by atoms with Crippen molar-refractivity contribution in [2.45, 2.75) is 19.1 Å². The molecule has 5 aromatic rings. The largest absolute Gasteiger partial charge is 0.497 e. The Balaban J connectivity index is 1.39. The fourth-order valence-corrected chi connectivity index (χ4v) is 5.03. The molecule has 2 aromatic heterocycles. The molecule has 0 fully saturated rings. The highest BCUT2D eigenvalue weighted by molar-refractivity contribution is 7.99. The Morgan fingerprint density at radius 1 is 0.917 bits per heavy atom. The Bertz CT molecular complexity index is 1430. The van der Waals surface area contributed by atoms with Crippen molar-refractivity contribution in [2.75, 3.05) is 12.9 Å². The number of hydrogen-bond donors (Lipinski definition) is 0. The molecule has 6 heteroatoms. The summed E-state index contributed by atoms with van der Waals surface area (Å²) in [6, 6.07) is 29.6. The van der Waals surface area contributed by atoms with Gasteiger partial charge in [0.1, 0.15) is 11.4 Å². The van der Waals surface area contributed by atoms with Gasteiger partial charge >= 0.3 is 0 Å². The van der Waals surface area contributed by atoms with Crippen molar-refractivity contribution in [2.24, 2.45) is 0 Å². The molecule has 5 nitrogen and oxygen atoms in total. The third-order valence-electron chi connectivity index (χ3n) is 6.08. The Hall–Kier alpha value is -4.03. The monoisotopic (exact) mass is 494 g/mol. The topological polar surface area (TPSA) is 57.3 Å². The number of rotatable bonds is 8. The van der Waals surface area contributed by atoms with E-state index in [0.717, 1.165) is 39.6 Å². The van der Waals surface area contributed by atoms with Crippen LogP contribution in [-0.2, 0) is 0 Å². The molecule has 0 saturated heterocycles.